The Hall–Kier alpha value is -1.62. The maximum atomic E-state index is 10.7. The zero-order chi connectivity index (χ0) is 10.1. The van der Waals surface area contributed by atoms with Crippen molar-refractivity contribution in [2.24, 2.45) is 5.73 Å². The van der Waals surface area contributed by atoms with Gasteiger partial charge in [-0.1, -0.05) is 0 Å². The first kappa shape index (κ1) is 9.47. The molecule has 5 heteroatoms. The molecular weight excluding hydrogens is 170 g/mol. The number of aliphatic carboxylic acids is 1. The van der Waals surface area contributed by atoms with Crippen LogP contribution in [0.1, 0.15) is 12.5 Å². The number of nitrogens with two attached hydrogens (primary N) is 2. The van der Waals surface area contributed by atoms with Gasteiger partial charge in [-0.05, 0) is 13.0 Å². The summed E-state index contributed by atoms with van der Waals surface area (Å²) in [6.07, 6.45) is 2.83. The number of rotatable bonds is 2. The summed E-state index contributed by atoms with van der Waals surface area (Å²) in [5, 5.41) is 8.79. The molecule has 5 N–H and O–H groups in total. The summed E-state index contributed by atoms with van der Waals surface area (Å²) >= 11 is 0. The Morgan fingerprint density at radius 2 is 2.23 bits per heavy atom. The van der Waals surface area contributed by atoms with E-state index in [0.29, 0.717) is 11.3 Å². The summed E-state index contributed by atoms with van der Waals surface area (Å²) < 4.78 is 0. The highest BCUT2D eigenvalue weighted by Gasteiger charge is 2.30. The summed E-state index contributed by atoms with van der Waals surface area (Å²) in [4.78, 5) is 14.5. The molecule has 0 saturated carbocycles. The summed E-state index contributed by atoms with van der Waals surface area (Å²) in [6.45, 7) is 1.39. The number of anilines is 1. The van der Waals surface area contributed by atoms with Crippen molar-refractivity contribution in [1.82, 2.24) is 4.98 Å². The Kier molecular flexibility index (Phi) is 2.20. The third kappa shape index (κ3) is 1.75. The number of carboxylic acids is 1. The standard InChI is InChI=1S/C8H11N3O2/c1-8(10,7(12)13)5-2-6(9)4-11-3-5/h2-4H,9-10H2,1H3,(H,12,13). The second kappa shape index (κ2) is 3.02. The average molecular weight is 181 g/mol. The zero-order valence-electron chi connectivity index (χ0n) is 7.19. The second-order valence-corrected chi connectivity index (χ2v) is 3.01. The SMILES string of the molecule is CC(N)(C(=O)O)c1cncc(N)c1. The number of pyridine rings is 1. The van der Waals surface area contributed by atoms with Gasteiger partial charge in [-0.2, -0.15) is 0 Å². The van der Waals surface area contributed by atoms with Crippen LogP contribution in [-0.4, -0.2) is 16.1 Å². The fraction of sp³-hybridized carbons (Fsp3) is 0.250. The molecule has 0 saturated heterocycles. The average Bonchev–Trinajstić information content (AvgIpc) is 2.04. The molecule has 0 aliphatic rings. The number of carboxylic acid groups (broad SMARTS) is 1. The smallest absolute Gasteiger partial charge is 0.328 e. The van der Waals surface area contributed by atoms with Crippen LogP contribution in [0.25, 0.3) is 0 Å². The highest BCUT2D eigenvalue weighted by atomic mass is 16.4. The van der Waals surface area contributed by atoms with Crippen LogP contribution in [-0.2, 0) is 10.3 Å². The normalized spacial score (nSPS) is 14.9. The van der Waals surface area contributed by atoms with Crippen molar-refractivity contribution in [3.05, 3.63) is 24.0 Å². The van der Waals surface area contributed by atoms with Crippen LogP contribution in [0.15, 0.2) is 18.5 Å². The van der Waals surface area contributed by atoms with Crippen LogP contribution in [0.4, 0.5) is 5.69 Å². The van der Waals surface area contributed by atoms with Crippen molar-refractivity contribution in [3.63, 3.8) is 0 Å². The Bertz CT molecular complexity index is 336. The van der Waals surface area contributed by atoms with Crippen molar-refractivity contribution in [1.29, 1.82) is 0 Å². The van der Waals surface area contributed by atoms with E-state index in [1.165, 1.54) is 25.4 Å². The molecule has 1 unspecified atom stereocenters. The molecule has 0 radical (unpaired) electrons. The highest BCUT2D eigenvalue weighted by molar-refractivity contribution is 5.80. The van der Waals surface area contributed by atoms with Gasteiger partial charge in [0, 0.05) is 18.0 Å². The highest BCUT2D eigenvalue weighted by Crippen LogP contribution is 2.18. The molecule has 0 aromatic carbocycles. The molecule has 13 heavy (non-hydrogen) atoms. The zero-order valence-corrected chi connectivity index (χ0v) is 7.19. The van der Waals surface area contributed by atoms with Crippen molar-refractivity contribution in [3.8, 4) is 0 Å². The lowest BCUT2D eigenvalue weighted by Gasteiger charge is -2.19. The van der Waals surface area contributed by atoms with Gasteiger partial charge in [-0.3, -0.25) is 4.98 Å². The monoisotopic (exact) mass is 181 g/mol. The molecule has 70 valence electrons. The van der Waals surface area contributed by atoms with Crippen LogP contribution >= 0.6 is 0 Å². The van der Waals surface area contributed by atoms with Gasteiger partial charge >= 0.3 is 5.97 Å². The molecule has 1 aromatic rings. The van der Waals surface area contributed by atoms with Gasteiger partial charge in [0.05, 0.1) is 5.69 Å². The fourth-order valence-corrected chi connectivity index (χ4v) is 0.865. The maximum Gasteiger partial charge on any atom is 0.328 e. The molecule has 5 nitrogen and oxygen atoms in total. The van der Waals surface area contributed by atoms with Crippen LogP contribution in [0, 0.1) is 0 Å². The quantitative estimate of drug-likeness (QED) is 0.592. The summed E-state index contributed by atoms with van der Waals surface area (Å²) in [6, 6.07) is 1.50. The van der Waals surface area contributed by atoms with Gasteiger partial charge in [0.15, 0.2) is 0 Å². The van der Waals surface area contributed by atoms with E-state index >= 15 is 0 Å². The summed E-state index contributed by atoms with van der Waals surface area (Å²) in [7, 11) is 0. The van der Waals surface area contributed by atoms with E-state index in [4.69, 9.17) is 16.6 Å². The van der Waals surface area contributed by atoms with Gasteiger partial charge in [0.1, 0.15) is 5.54 Å². The van der Waals surface area contributed by atoms with Gasteiger partial charge in [-0.15, -0.1) is 0 Å². The Morgan fingerprint density at radius 3 is 2.69 bits per heavy atom. The van der Waals surface area contributed by atoms with Crippen LogP contribution < -0.4 is 11.5 Å². The molecule has 0 spiro atoms. The molecule has 1 rings (SSSR count). The largest absolute Gasteiger partial charge is 0.480 e. The second-order valence-electron chi connectivity index (χ2n) is 3.01. The molecular formula is C8H11N3O2. The predicted molar refractivity (Wildman–Crippen MR) is 47.8 cm³/mol. The van der Waals surface area contributed by atoms with Crippen LogP contribution in [0.3, 0.4) is 0 Å². The first-order chi connectivity index (χ1) is 5.94. The molecule has 0 bridgehead atoms. The molecule has 1 heterocycles. The first-order valence-electron chi connectivity index (χ1n) is 3.68. The van der Waals surface area contributed by atoms with E-state index in [2.05, 4.69) is 4.98 Å². The van der Waals surface area contributed by atoms with E-state index < -0.39 is 11.5 Å². The molecule has 0 amide bonds. The van der Waals surface area contributed by atoms with E-state index in [1.807, 2.05) is 0 Å². The number of aromatic nitrogens is 1. The number of nitrogen functional groups attached to an aromatic ring is 1. The van der Waals surface area contributed by atoms with E-state index in [-0.39, 0.29) is 0 Å². The first-order valence-corrected chi connectivity index (χ1v) is 3.68. The number of nitrogens with zero attached hydrogens (tertiary/aromatic N) is 1. The number of carbonyl (C=O) groups is 1. The van der Waals surface area contributed by atoms with Gasteiger partial charge in [-0.25, -0.2) is 4.79 Å². The van der Waals surface area contributed by atoms with E-state index in [9.17, 15) is 4.79 Å². The van der Waals surface area contributed by atoms with Gasteiger partial charge in [0.2, 0.25) is 0 Å². The van der Waals surface area contributed by atoms with Gasteiger partial charge in [0.25, 0.3) is 0 Å². The van der Waals surface area contributed by atoms with Crippen molar-refractivity contribution < 1.29 is 9.90 Å². The molecule has 1 aromatic heterocycles. The lowest BCUT2D eigenvalue weighted by molar-refractivity contribution is -0.143. The maximum absolute atomic E-state index is 10.7. The van der Waals surface area contributed by atoms with Crippen molar-refractivity contribution in [2.75, 3.05) is 5.73 Å². The molecule has 1 atom stereocenters. The van der Waals surface area contributed by atoms with Crippen molar-refractivity contribution in [2.45, 2.75) is 12.5 Å². The Labute approximate surface area is 75.4 Å². The topological polar surface area (TPSA) is 102 Å². The fourth-order valence-electron chi connectivity index (χ4n) is 0.865. The van der Waals surface area contributed by atoms with Crippen LogP contribution in [0.5, 0.6) is 0 Å². The summed E-state index contributed by atoms with van der Waals surface area (Å²) in [5.41, 5.74) is 10.3. The van der Waals surface area contributed by atoms with E-state index in [0.717, 1.165) is 0 Å². The third-order valence-corrected chi connectivity index (χ3v) is 1.80. The van der Waals surface area contributed by atoms with E-state index in [1.54, 1.807) is 0 Å². The van der Waals surface area contributed by atoms with Gasteiger partial charge < -0.3 is 16.6 Å². The number of hydrogen-bond donors (Lipinski definition) is 3. The Morgan fingerprint density at radius 1 is 1.62 bits per heavy atom. The third-order valence-electron chi connectivity index (χ3n) is 1.80. The summed E-state index contributed by atoms with van der Waals surface area (Å²) in [5.74, 6) is -1.11. The molecule has 0 aliphatic heterocycles. The lowest BCUT2D eigenvalue weighted by Crippen LogP contribution is -2.41. The predicted octanol–water partition coefficient (Wildman–Crippen LogP) is -0.0777. The Balaban J connectivity index is 3.14. The number of hydrogen-bond acceptors (Lipinski definition) is 4. The molecule has 0 aliphatic carbocycles. The van der Waals surface area contributed by atoms with Crippen molar-refractivity contribution >= 4 is 11.7 Å². The minimum atomic E-state index is -1.44. The lowest BCUT2D eigenvalue weighted by atomic mass is 9.95. The van der Waals surface area contributed by atoms with Crippen LogP contribution in [0.2, 0.25) is 0 Å². The minimum absolute atomic E-state index is 0.389. The minimum Gasteiger partial charge on any atom is -0.480 e. The molecule has 0 fully saturated rings.